The van der Waals surface area contributed by atoms with Crippen LogP contribution >= 0.6 is 0 Å². The second-order valence-corrected chi connectivity index (χ2v) is 9.01. The monoisotopic (exact) mass is 430 g/mol. The molecule has 6 nitrogen and oxygen atoms in total. The number of carbonyl (C=O) groups is 1. The smallest absolute Gasteiger partial charge is 0.269 e. The molecule has 1 aliphatic rings. The van der Waals surface area contributed by atoms with Gasteiger partial charge in [0.2, 0.25) is 0 Å². The number of nitrogens with zero attached hydrogens (tertiary/aromatic N) is 2. The van der Waals surface area contributed by atoms with Crippen molar-refractivity contribution < 1.29 is 14.5 Å². The molecule has 0 fully saturated rings. The summed E-state index contributed by atoms with van der Waals surface area (Å²) in [5.74, 6) is 0.629. The molecule has 0 aliphatic carbocycles. The standard InChI is InChI=1S/C26H26N2O4/c1-25(2)17-26(3,19-11-15-21(32-4)16-12-19)22-7-5-6-8-23(22)27(25)24(29)18-9-13-20(14-10-18)28(30)31/h5-16H,17H2,1-4H3. The van der Waals surface area contributed by atoms with E-state index >= 15 is 0 Å². The topological polar surface area (TPSA) is 72.7 Å². The average Bonchev–Trinajstić information content (AvgIpc) is 2.78. The molecule has 1 aliphatic heterocycles. The summed E-state index contributed by atoms with van der Waals surface area (Å²) in [5, 5.41) is 11.0. The lowest BCUT2D eigenvalue weighted by Crippen LogP contribution is -2.55. The first-order valence-corrected chi connectivity index (χ1v) is 10.5. The minimum atomic E-state index is -0.498. The predicted octanol–water partition coefficient (Wildman–Crippen LogP) is 5.74. The summed E-state index contributed by atoms with van der Waals surface area (Å²) in [4.78, 5) is 26.0. The molecule has 1 amide bonds. The van der Waals surface area contributed by atoms with Crippen molar-refractivity contribution in [3.05, 3.63) is 99.6 Å². The van der Waals surface area contributed by atoms with Crippen molar-refractivity contribution >= 4 is 17.3 Å². The first-order valence-electron chi connectivity index (χ1n) is 10.5. The molecule has 1 atom stereocenters. The molecule has 6 heteroatoms. The van der Waals surface area contributed by atoms with E-state index in [0.717, 1.165) is 22.6 Å². The fraction of sp³-hybridized carbons (Fsp3) is 0.269. The Kier molecular flexibility index (Phi) is 5.25. The van der Waals surface area contributed by atoms with Crippen LogP contribution in [-0.2, 0) is 5.41 Å². The van der Waals surface area contributed by atoms with Crippen LogP contribution in [0.25, 0.3) is 0 Å². The summed E-state index contributed by atoms with van der Waals surface area (Å²) in [7, 11) is 1.65. The van der Waals surface area contributed by atoms with Gasteiger partial charge in [-0.15, -0.1) is 0 Å². The zero-order chi connectivity index (χ0) is 23.1. The van der Waals surface area contributed by atoms with E-state index in [9.17, 15) is 14.9 Å². The van der Waals surface area contributed by atoms with Gasteiger partial charge >= 0.3 is 0 Å². The van der Waals surface area contributed by atoms with Gasteiger partial charge in [-0.1, -0.05) is 37.3 Å². The van der Waals surface area contributed by atoms with E-state index in [-0.39, 0.29) is 17.0 Å². The SMILES string of the molecule is COc1ccc(C2(C)CC(C)(C)N(C(=O)c3ccc([N+](=O)[O-])cc3)c3ccccc32)cc1. The fourth-order valence-electron chi connectivity index (χ4n) is 4.96. The van der Waals surface area contributed by atoms with Crippen molar-refractivity contribution in [3.8, 4) is 5.75 Å². The van der Waals surface area contributed by atoms with E-state index in [1.807, 2.05) is 35.2 Å². The lowest BCUT2D eigenvalue weighted by molar-refractivity contribution is -0.384. The highest BCUT2D eigenvalue weighted by Crippen LogP contribution is 2.50. The number of methoxy groups -OCH3 is 1. The molecule has 0 saturated heterocycles. The molecule has 0 radical (unpaired) electrons. The molecule has 1 heterocycles. The van der Waals surface area contributed by atoms with Crippen molar-refractivity contribution in [3.63, 3.8) is 0 Å². The number of nitro benzene ring substituents is 1. The summed E-state index contributed by atoms with van der Waals surface area (Å²) in [5.41, 5.74) is 2.66. The maximum atomic E-state index is 13.6. The normalized spacial score (nSPS) is 19.2. The molecule has 0 aromatic heterocycles. The van der Waals surface area contributed by atoms with Crippen LogP contribution in [0.15, 0.2) is 72.8 Å². The van der Waals surface area contributed by atoms with Crippen molar-refractivity contribution in [1.82, 2.24) is 0 Å². The molecule has 0 saturated carbocycles. The Bertz CT molecular complexity index is 1170. The molecule has 32 heavy (non-hydrogen) atoms. The lowest BCUT2D eigenvalue weighted by atomic mass is 9.65. The summed E-state index contributed by atoms with van der Waals surface area (Å²) in [6.07, 6.45) is 0.710. The molecule has 4 rings (SSSR count). The Morgan fingerprint density at radius 3 is 2.19 bits per heavy atom. The largest absolute Gasteiger partial charge is 0.497 e. The second-order valence-electron chi connectivity index (χ2n) is 9.01. The van der Waals surface area contributed by atoms with Crippen LogP contribution in [-0.4, -0.2) is 23.5 Å². The van der Waals surface area contributed by atoms with Gasteiger partial charge in [0.05, 0.1) is 12.0 Å². The minimum Gasteiger partial charge on any atom is -0.497 e. The third-order valence-electron chi connectivity index (χ3n) is 6.39. The van der Waals surface area contributed by atoms with E-state index in [0.29, 0.717) is 12.0 Å². The number of para-hydroxylation sites is 1. The van der Waals surface area contributed by atoms with Crippen LogP contribution in [0.1, 0.15) is 48.7 Å². The molecule has 0 bridgehead atoms. The second kappa shape index (κ2) is 7.79. The number of anilines is 1. The summed E-state index contributed by atoms with van der Waals surface area (Å²) < 4.78 is 5.33. The number of hydrogen-bond acceptors (Lipinski definition) is 4. The number of fused-ring (bicyclic) bond motifs is 1. The molecule has 3 aromatic rings. The highest BCUT2D eigenvalue weighted by molar-refractivity contribution is 6.08. The summed E-state index contributed by atoms with van der Waals surface area (Å²) in [6, 6.07) is 21.9. The number of amides is 1. The van der Waals surface area contributed by atoms with E-state index < -0.39 is 10.5 Å². The Morgan fingerprint density at radius 2 is 1.59 bits per heavy atom. The Labute approximate surface area is 187 Å². The Balaban J connectivity index is 1.81. The summed E-state index contributed by atoms with van der Waals surface area (Å²) >= 11 is 0. The maximum absolute atomic E-state index is 13.6. The average molecular weight is 431 g/mol. The minimum absolute atomic E-state index is 0.0352. The van der Waals surface area contributed by atoms with Crippen LogP contribution in [0.5, 0.6) is 5.75 Å². The lowest BCUT2D eigenvalue weighted by Gasteiger charge is -2.51. The highest BCUT2D eigenvalue weighted by atomic mass is 16.6. The first-order chi connectivity index (χ1) is 15.2. The van der Waals surface area contributed by atoms with Gasteiger partial charge < -0.3 is 9.64 Å². The van der Waals surface area contributed by atoms with Gasteiger partial charge in [0.1, 0.15) is 5.75 Å². The van der Waals surface area contributed by atoms with E-state index in [1.165, 1.54) is 24.3 Å². The van der Waals surface area contributed by atoms with Gasteiger partial charge in [0.25, 0.3) is 11.6 Å². The van der Waals surface area contributed by atoms with Crippen LogP contribution in [0.3, 0.4) is 0 Å². The predicted molar refractivity (Wildman–Crippen MR) is 124 cm³/mol. The van der Waals surface area contributed by atoms with Crippen molar-refractivity contribution in [2.24, 2.45) is 0 Å². The van der Waals surface area contributed by atoms with Gasteiger partial charge in [0.15, 0.2) is 0 Å². The number of ether oxygens (including phenoxy) is 1. The van der Waals surface area contributed by atoms with E-state index in [2.05, 4.69) is 39.0 Å². The maximum Gasteiger partial charge on any atom is 0.269 e. The zero-order valence-corrected chi connectivity index (χ0v) is 18.7. The van der Waals surface area contributed by atoms with Gasteiger partial charge in [-0.05, 0) is 61.7 Å². The number of nitro groups is 1. The Morgan fingerprint density at radius 1 is 0.969 bits per heavy atom. The van der Waals surface area contributed by atoms with Crippen LogP contribution in [0, 0.1) is 10.1 Å². The quantitative estimate of drug-likeness (QED) is 0.391. The molecule has 164 valence electrons. The fourth-order valence-corrected chi connectivity index (χ4v) is 4.96. The van der Waals surface area contributed by atoms with Gasteiger partial charge in [0, 0.05) is 34.3 Å². The number of benzene rings is 3. The van der Waals surface area contributed by atoms with Crippen LogP contribution in [0.4, 0.5) is 11.4 Å². The van der Waals surface area contributed by atoms with Crippen LogP contribution in [0.2, 0.25) is 0 Å². The van der Waals surface area contributed by atoms with Gasteiger partial charge in [-0.2, -0.15) is 0 Å². The molecule has 0 spiro atoms. The summed E-state index contributed by atoms with van der Waals surface area (Å²) in [6.45, 7) is 6.34. The number of hydrogen-bond donors (Lipinski definition) is 0. The Hall–Kier alpha value is -3.67. The molecular formula is C26H26N2O4. The zero-order valence-electron chi connectivity index (χ0n) is 18.7. The third kappa shape index (κ3) is 3.51. The van der Waals surface area contributed by atoms with Crippen molar-refractivity contribution in [1.29, 1.82) is 0 Å². The van der Waals surface area contributed by atoms with Gasteiger partial charge in [-0.25, -0.2) is 0 Å². The number of rotatable bonds is 4. The molecule has 3 aromatic carbocycles. The van der Waals surface area contributed by atoms with Crippen molar-refractivity contribution in [2.75, 3.05) is 12.0 Å². The molecule has 0 N–H and O–H groups in total. The van der Waals surface area contributed by atoms with E-state index in [4.69, 9.17) is 4.74 Å². The number of non-ortho nitro benzene ring substituents is 1. The van der Waals surface area contributed by atoms with Gasteiger partial charge in [-0.3, -0.25) is 14.9 Å². The third-order valence-corrected chi connectivity index (χ3v) is 6.39. The van der Waals surface area contributed by atoms with Crippen molar-refractivity contribution in [2.45, 2.75) is 38.1 Å². The first kappa shape index (κ1) is 21.6. The van der Waals surface area contributed by atoms with Crippen LogP contribution < -0.4 is 9.64 Å². The highest BCUT2D eigenvalue weighted by Gasteiger charge is 2.47. The molecular weight excluding hydrogens is 404 g/mol. The number of carbonyl (C=O) groups excluding carboxylic acids is 1. The van der Waals surface area contributed by atoms with E-state index in [1.54, 1.807) is 7.11 Å². The molecule has 1 unspecified atom stereocenters.